The predicted octanol–water partition coefficient (Wildman–Crippen LogP) is 29.7. The molecule has 15 aromatic carbocycles. The number of carboxylic acids is 1. The van der Waals surface area contributed by atoms with Crippen molar-refractivity contribution in [3.63, 3.8) is 0 Å². The Morgan fingerprint density at radius 3 is 0.284 bits per heavy atom. The number of rotatable bonds is 15. The lowest BCUT2D eigenvalue weighted by atomic mass is 9.86. The van der Waals surface area contributed by atoms with Crippen LogP contribution >= 0.6 is 0 Å². The van der Waals surface area contributed by atoms with E-state index in [-0.39, 0.29) is 5.56 Å². The highest BCUT2D eigenvalue weighted by Crippen LogP contribution is 2.45. The molecule has 0 fully saturated rings. The first-order valence-electron chi connectivity index (χ1n) is 38.2. The summed E-state index contributed by atoms with van der Waals surface area (Å²) in [5.41, 5.74) is 49.1. The molecule has 0 spiro atoms. The Labute approximate surface area is 645 Å². The normalized spacial score (nSPS) is 11.4. The molecule has 534 valence electrons. The highest BCUT2D eigenvalue weighted by Gasteiger charge is 2.21. The molecule has 0 saturated carbocycles. The number of hydrogen-bond acceptors (Lipinski definition) is 1. The molecule has 0 aliphatic heterocycles. The Morgan fingerprint density at radius 1 is 0.128 bits per heavy atom. The lowest BCUT2D eigenvalue weighted by Gasteiger charge is -2.18. The fraction of sp³-hybridized carbons (Fsp3) is 0.150. The van der Waals surface area contributed by atoms with Gasteiger partial charge in [-0.2, -0.15) is 0 Å². The summed E-state index contributed by atoms with van der Waals surface area (Å²) in [7, 11) is 0. The van der Waals surface area contributed by atoms with Gasteiger partial charge in [-0.1, -0.05) is 235 Å². The molecular formula is C107H94O2. The maximum Gasteiger partial charge on any atom is 0.335 e. The lowest BCUT2D eigenvalue weighted by molar-refractivity contribution is 0.0697. The Balaban J connectivity index is 1.02. The second-order valence-corrected chi connectivity index (χ2v) is 31.9. The molecule has 0 heterocycles. The topological polar surface area (TPSA) is 37.3 Å². The molecule has 109 heavy (non-hydrogen) atoms. The molecule has 2 nitrogen and oxygen atoms in total. The van der Waals surface area contributed by atoms with Gasteiger partial charge in [0.15, 0.2) is 0 Å². The van der Waals surface area contributed by atoms with Crippen molar-refractivity contribution in [1.29, 1.82) is 0 Å². The van der Waals surface area contributed by atoms with Crippen molar-refractivity contribution in [3.05, 3.63) is 368 Å². The zero-order valence-electron chi connectivity index (χ0n) is 65.8. The molecule has 0 amide bonds. The van der Waals surface area contributed by atoms with Crippen LogP contribution in [0.5, 0.6) is 0 Å². The molecule has 15 aromatic rings. The Hall–Kier alpha value is -12.2. The van der Waals surface area contributed by atoms with Crippen LogP contribution in [-0.2, 0) is 0 Å². The third-order valence-corrected chi connectivity index (χ3v) is 21.2. The first kappa shape index (κ1) is 72.3. The van der Waals surface area contributed by atoms with Crippen LogP contribution in [-0.4, -0.2) is 11.1 Å². The van der Waals surface area contributed by atoms with Crippen LogP contribution in [0, 0.1) is 111 Å². The largest absolute Gasteiger partial charge is 0.478 e. The minimum atomic E-state index is -1.01. The van der Waals surface area contributed by atoms with Gasteiger partial charge in [-0.15, -0.1) is 0 Å². The van der Waals surface area contributed by atoms with Crippen molar-refractivity contribution < 1.29 is 9.90 Å². The van der Waals surface area contributed by atoms with Gasteiger partial charge in [-0.05, 0) is 394 Å². The van der Waals surface area contributed by atoms with Gasteiger partial charge >= 0.3 is 5.97 Å². The molecule has 0 aliphatic carbocycles. The van der Waals surface area contributed by atoms with E-state index >= 15 is 0 Å². The second-order valence-electron chi connectivity index (χ2n) is 31.9. The minimum absolute atomic E-state index is 0.192. The Kier molecular flexibility index (Phi) is 19.6. The number of carboxylic acid groups (broad SMARTS) is 1. The summed E-state index contributed by atoms with van der Waals surface area (Å²) in [5, 5.41) is 11.7. The van der Waals surface area contributed by atoms with Gasteiger partial charge in [0.2, 0.25) is 0 Å². The number of aromatic carboxylic acids is 1. The average Bonchev–Trinajstić information content (AvgIpc) is 0.781. The van der Waals surface area contributed by atoms with E-state index in [4.69, 9.17) is 0 Å². The molecule has 0 atom stereocenters. The summed E-state index contributed by atoms with van der Waals surface area (Å²) < 4.78 is 0. The summed E-state index contributed by atoms with van der Waals surface area (Å²) in [6.07, 6.45) is 0. The average molecular weight is 1410 g/mol. The highest BCUT2D eigenvalue weighted by molar-refractivity contribution is 5.97. The maximum atomic E-state index is 14.3. The third kappa shape index (κ3) is 16.2. The van der Waals surface area contributed by atoms with Gasteiger partial charge in [0.05, 0.1) is 5.56 Å². The van der Waals surface area contributed by atoms with Gasteiger partial charge in [0.1, 0.15) is 0 Å². The lowest BCUT2D eigenvalue weighted by Crippen LogP contribution is -1.98. The molecule has 0 bridgehead atoms. The smallest absolute Gasteiger partial charge is 0.335 e. The first-order valence-corrected chi connectivity index (χ1v) is 38.2. The van der Waals surface area contributed by atoms with E-state index in [2.05, 4.69) is 372 Å². The van der Waals surface area contributed by atoms with Crippen molar-refractivity contribution in [2.45, 2.75) is 111 Å². The van der Waals surface area contributed by atoms with E-state index in [1.807, 2.05) is 12.1 Å². The van der Waals surface area contributed by atoms with Crippen molar-refractivity contribution in [2.24, 2.45) is 0 Å². The van der Waals surface area contributed by atoms with Gasteiger partial charge in [-0.25, -0.2) is 4.79 Å². The van der Waals surface area contributed by atoms with E-state index in [0.717, 1.165) is 156 Å². The Bertz CT molecular complexity index is 5060. The summed E-state index contributed by atoms with van der Waals surface area (Å²) in [6.45, 7) is 34.9. The standard InChI is InChI=1S/C107H94O2/c1-62-17-63(2)26-78(25-62)86-41-87(79-27-64(3)18-65(4)28-79)46-94(45-86)98-53-99(95-47-88(80-29-66(5)19-67(6)30-80)42-89(48-95)81-31-68(7)20-69(8)32-81)56-102(55-98)104-59-105(61-106(60-104)107(108)109)103-57-100(96-49-90(82-33-70(9)21-71(10)34-82)43-91(50-96)83-35-72(11)22-73(12)36-83)54-101(58-103)97-51-92(84-37-74(13)23-75(14)38-84)44-93(52-97)85-39-76(15)24-77(16)40-85/h17-61H,1-16H3,(H,108,109). The van der Waals surface area contributed by atoms with Crippen LogP contribution in [0.4, 0.5) is 0 Å². The van der Waals surface area contributed by atoms with Gasteiger partial charge in [0.25, 0.3) is 0 Å². The van der Waals surface area contributed by atoms with Crippen LogP contribution < -0.4 is 0 Å². The second kappa shape index (κ2) is 29.5. The molecule has 0 aromatic heterocycles. The van der Waals surface area contributed by atoms with Crippen molar-refractivity contribution in [2.75, 3.05) is 0 Å². The van der Waals surface area contributed by atoms with Crippen LogP contribution in [0.15, 0.2) is 273 Å². The van der Waals surface area contributed by atoms with Crippen molar-refractivity contribution >= 4 is 5.97 Å². The summed E-state index contributed by atoms with van der Waals surface area (Å²) in [6, 6.07) is 103. The van der Waals surface area contributed by atoms with E-state index in [1.54, 1.807) is 0 Å². The summed E-state index contributed by atoms with van der Waals surface area (Å²) >= 11 is 0. The van der Waals surface area contributed by atoms with Gasteiger partial charge in [-0.3, -0.25) is 0 Å². The number of carbonyl (C=O) groups is 1. The van der Waals surface area contributed by atoms with E-state index in [1.165, 1.54) is 89.0 Å². The number of aryl methyl sites for hydroxylation is 16. The van der Waals surface area contributed by atoms with Crippen molar-refractivity contribution in [3.8, 4) is 156 Å². The zero-order valence-corrected chi connectivity index (χ0v) is 65.8. The van der Waals surface area contributed by atoms with Gasteiger partial charge in [0, 0.05) is 0 Å². The fourth-order valence-corrected chi connectivity index (χ4v) is 17.0. The SMILES string of the molecule is Cc1cc(C)cc(-c2cc(-c3cc(C)cc(C)c3)cc(-c3cc(-c4cc(C(=O)O)cc(-c5cc(-c6cc(-c7cc(C)cc(C)c7)cc(-c7cc(C)cc(C)c7)c6)cc(-c6cc(-c7cc(C)cc(C)c7)cc(-c7cc(C)cc(C)c7)c6)c5)c4)cc(-c4cc(-c5cc(C)cc(C)c5)cc(-c5cc(C)cc(C)c5)c4)c3)c2)c1. The molecule has 15 rings (SSSR count). The maximum absolute atomic E-state index is 14.3. The molecule has 1 N–H and O–H groups in total. The number of hydrogen-bond donors (Lipinski definition) is 1. The quantitative estimate of drug-likeness (QED) is 0.111. The van der Waals surface area contributed by atoms with E-state index in [0.29, 0.717) is 0 Å². The minimum Gasteiger partial charge on any atom is -0.478 e. The molecule has 0 aliphatic rings. The van der Waals surface area contributed by atoms with E-state index in [9.17, 15) is 9.90 Å². The zero-order chi connectivity index (χ0) is 76.4. The molecule has 2 heteroatoms. The van der Waals surface area contributed by atoms with E-state index < -0.39 is 5.97 Å². The monoisotopic (exact) mass is 1410 g/mol. The fourth-order valence-electron chi connectivity index (χ4n) is 17.0. The predicted molar refractivity (Wildman–Crippen MR) is 465 cm³/mol. The summed E-state index contributed by atoms with van der Waals surface area (Å²) in [5.74, 6) is -1.01. The van der Waals surface area contributed by atoms with Crippen LogP contribution in [0.25, 0.3) is 156 Å². The van der Waals surface area contributed by atoms with Crippen LogP contribution in [0.2, 0.25) is 0 Å². The van der Waals surface area contributed by atoms with Crippen LogP contribution in [0.3, 0.4) is 0 Å². The summed E-state index contributed by atoms with van der Waals surface area (Å²) in [4.78, 5) is 14.3. The molecule has 0 radical (unpaired) electrons. The van der Waals surface area contributed by atoms with Crippen molar-refractivity contribution in [1.82, 2.24) is 0 Å². The third-order valence-electron chi connectivity index (χ3n) is 21.2. The highest BCUT2D eigenvalue weighted by atomic mass is 16.4. The molecule has 0 unspecified atom stereocenters. The molecule has 0 saturated heterocycles. The Morgan fingerprint density at radius 2 is 0.202 bits per heavy atom. The molecular weight excluding hydrogens is 1320 g/mol. The van der Waals surface area contributed by atoms with Gasteiger partial charge < -0.3 is 5.11 Å². The first-order chi connectivity index (χ1) is 52.1. The van der Waals surface area contributed by atoms with Crippen LogP contribution in [0.1, 0.15) is 99.4 Å². The number of benzene rings is 15.